The fourth-order valence-electron chi connectivity index (χ4n) is 2.69. The standard InChI is InChI=1S/C15H17NO2S2.ClH/c1-16-7-2-4-11(10-16)12-6-9-20-14(12)15(17)18-13-5-3-8-19-13;/h3,5-6,8-9,11H,2,4,7,10H2,1H3;1H. The Labute approximate surface area is 139 Å². The van der Waals surface area contributed by atoms with Gasteiger partial charge < -0.3 is 9.64 Å². The van der Waals surface area contributed by atoms with Crippen LogP contribution in [0.2, 0.25) is 0 Å². The van der Waals surface area contributed by atoms with Crippen LogP contribution in [0.5, 0.6) is 5.06 Å². The average molecular weight is 344 g/mol. The number of rotatable bonds is 3. The van der Waals surface area contributed by atoms with Crippen molar-refractivity contribution in [2.45, 2.75) is 18.8 Å². The summed E-state index contributed by atoms with van der Waals surface area (Å²) in [5, 5.41) is 4.57. The van der Waals surface area contributed by atoms with Crippen LogP contribution in [0, 0.1) is 0 Å². The molecule has 1 unspecified atom stereocenters. The number of piperidine rings is 1. The molecule has 114 valence electrons. The molecule has 0 N–H and O–H groups in total. The van der Waals surface area contributed by atoms with Crippen LogP contribution < -0.4 is 4.74 Å². The quantitative estimate of drug-likeness (QED) is 0.780. The van der Waals surface area contributed by atoms with Crippen LogP contribution in [0.1, 0.15) is 34.0 Å². The molecule has 3 rings (SSSR count). The lowest BCUT2D eigenvalue weighted by Gasteiger charge is -2.29. The minimum Gasteiger partial charge on any atom is -0.411 e. The number of hydrogen-bond donors (Lipinski definition) is 0. The van der Waals surface area contributed by atoms with Gasteiger partial charge in [-0.3, -0.25) is 0 Å². The molecule has 21 heavy (non-hydrogen) atoms. The number of nitrogens with zero attached hydrogens (tertiary/aromatic N) is 1. The number of likely N-dealkylation sites (N-methyl/N-ethyl adjacent to an activating group) is 1. The van der Waals surface area contributed by atoms with Gasteiger partial charge in [-0.2, -0.15) is 0 Å². The largest absolute Gasteiger partial charge is 0.411 e. The van der Waals surface area contributed by atoms with E-state index >= 15 is 0 Å². The normalized spacial score (nSPS) is 19.0. The van der Waals surface area contributed by atoms with Gasteiger partial charge in [-0.15, -0.1) is 35.1 Å². The second-order valence-corrected chi connectivity index (χ2v) is 6.95. The van der Waals surface area contributed by atoms with Crippen LogP contribution in [-0.2, 0) is 0 Å². The third kappa shape index (κ3) is 3.86. The van der Waals surface area contributed by atoms with E-state index in [0.717, 1.165) is 30.0 Å². The Morgan fingerprint density at radius 2 is 2.19 bits per heavy atom. The Kier molecular flexibility index (Phi) is 5.81. The lowest BCUT2D eigenvalue weighted by Crippen LogP contribution is -2.31. The van der Waals surface area contributed by atoms with E-state index < -0.39 is 0 Å². The third-order valence-electron chi connectivity index (χ3n) is 3.63. The molecule has 3 heterocycles. The highest BCUT2D eigenvalue weighted by Crippen LogP contribution is 2.32. The topological polar surface area (TPSA) is 29.5 Å². The summed E-state index contributed by atoms with van der Waals surface area (Å²) in [7, 11) is 2.14. The first-order valence-corrected chi connectivity index (χ1v) is 8.51. The number of likely N-dealkylation sites (tertiary alicyclic amines) is 1. The van der Waals surface area contributed by atoms with Crippen LogP contribution in [-0.4, -0.2) is 31.0 Å². The highest BCUT2D eigenvalue weighted by atomic mass is 35.5. The second-order valence-electron chi connectivity index (χ2n) is 5.13. The molecule has 1 saturated heterocycles. The summed E-state index contributed by atoms with van der Waals surface area (Å²) >= 11 is 2.93. The molecule has 2 aromatic rings. The van der Waals surface area contributed by atoms with Crippen LogP contribution in [0.25, 0.3) is 0 Å². The van der Waals surface area contributed by atoms with E-state index in [1.807, 2.05) is 22.9 Å². The van der Waals surface area contributed by atoms with Crippen molar-refractivity contribution in [3.8, 4) is 5.06 Å². The SMILES string of the molecule is CN1CCCC(c2ccsc2C(=O)Oc2cccs2)C1.Cl. The van der Waals surface area contributed by atoms with E-state index in [2.05, 4.69) is 18.0 Å². The smallest absolute Gasteiger partial charge is 0.354 e. The molecule has 0 spiro atoms. The number of esters is 1. The van der Waals surface area contributed by atoms with Gasteiger partial charge in [-0.05, 0) is 66.9 Å². The highest BCUT2D eigenvalue weighted by molar-refractivity contribution is 7.13. The summed E-state index contributed by atoms with van der Waals surface area (Å²) in [5.74, 6) is 0.233. The summed E-state index contributed by atoms with van der Waals surface area (Å²) in [6.45, 7) is 2.17. The van der Waals surface area contributed by atoms with Gasteiger partial charge in [-0.25, -0.2) is 4.79 Å². The van der Waals surface area contributed by atoms with Crippen molar-refractivity contribution < 1.29 is 9.53 Å². The number of hydrogen-bond acceptors (Lipinski definition) is 5. The molecule has 0 saturated carbocycles. The first-order chi connectivity index (χ1) is 9.74. The van der Waals surface area contributed by atoms with Gasteiger partial charge in [0.2, 0.25) is 0 Å². The lowest BCUT2D eigenvalue weighted by atomic mass is 9.91. The van der Waals surface area contributed by atoms with Crippen LogP contribution in [0.4, 0.5) is 0 Å². The maximum Gasteiger partial charge on any atom is 0.354 e. The number of thiophene rings is 2. The fraction of sp³-hybridized carbons (Fsp3) is 0.400. The Morgan fingerprint density at radius 3 is 2.90 bits per heavy atom. The van der Waals surface area contributed by atoms with Crippen molar-refractivity contribution in [3.63, 3.8) is 0 Å². The van der Waals surface area contributed by atoms with Crippen molar-refractivity contribution in [3.05, 3.63) is 39.4 Å². The molecule has 0 aliphatic carbocycles. The number of halogens is 1. The molecular weight excluding hydrogens is 326 g/mol. The van der Waals surface area contributed by atoms with Crippen molar-refractivity contribution in [2.24, 2.45) is 0 Å². The number of ether oxygens (including phenoxy) is 1. The molecule has 0 aromatic carbocycles. The average Bonchev–Trinajstić information content (AvgIpc) is 3.09. The molecule has 2 aromatic heterocycles. The number of carbonyl (C=O) groups excluding carboxylic acids is 1. The molecule has 1 aliphatic rings. The first kappa shape index (κ1) is 16.5. The summed E-state index contributed by atoms with van der Waals surface area (Å²) in [6, 6.07) is 5.79. The van der Waals surface area contributed by atoms with Crippen LogP contribution in [0.3, 0.4) is 0 Å². The molecule has 0 amide bonds. The lowest BCUT2D eigenvalue weighted by molar-refractivity contribution is 0.0743. The second kappa shape index (κ2) is 7.40. The predicted octanol–water partition coefficient (Wildman–Crippen LogP) is 4.26. The van der Waals surface area contributed by atoms with Gasteiger partial charge in [0, 0.05) is 6.54 Å². The minimum absolute atomic E-state index is 0. The van der Waals surface area contributed by atoms with Gasteiger partial charge in [0.05, 0.1) is 0 Å². The summed E-state index contributed by atoms with van der Waals surface area (Å²) in [4.78, 5) is 15.4. The van der Waals surface area contributed by atoms with Gasteiger partial charge in [0.1, 0.15) is 4.88 Å². The molecule has 6 heteroatoms. The van der Waals surface area contributed by atoms with Crippen molar-refractivity contribution in [1.29, 1.82) is 0 Å². The van der Waals surface area contributed by atoms with Crippen LogP contribution in [0.15, 0.2) is 29.0 Å². The van der Waals surface area contributed by atoms with Gasteiger partial charge in [0.25, 0.3) is 0 Å². The van der Waals surface area contributed by atoms with E-state index in [1.54, 1.807) is 0 Å². The van der Waals surface area contributed by atoms with Crippen molar-refractivity contribution in [2.75, 3.05) is 20.1 Å². The monoisotopic (exact) mass is 343 g/mol. The van der Waals surface area contributed by atoms with Gasteiger partial charge >= 0.3 is 5.97 Å². The fourth-order valence-corrected chi connectivity index (χ4v) is 4.12. The summed E-state index contributed by atoms with van der Waals surface area (Å²) < 4.78 is 5.43. The van der Waals surface area contributed by atoms with Crippen LogP contribution >= 0.6 is 35.1 Å². The molecule has 1 aliphatic heterocycles. The summed E-state index contributed by atoms with van der Waals surface area (Å²) in [5.41, 5.74) is 1.16. The Bertz CT molecular complexity index is 582. The maximum atomic E-state index is 12.3. The minimum atomic E-state index is -0.217. The van der Waals surface area contributed by atoms with Gasteiger partial charge in [0.15, 0.2) is 5.06 Å². The molecule has 0 radical (unpaired) electrons. The maximum absolute atomic E-state index is 12.3. The van der Waals surface area contributed by atoms with E-state index in [-0.39, 0.29) is 18.4 Å². The number of carbonyl (C=O) groups is 1. The van der Waals surface area contributed by atoms with E-state index in [9.17, 15) is 4.79 Å². The molecule has 1 atom stereocenters. The zero-order valence-electron chi connectivity index (χ0n) is 11.8. The predicted molar refractivity (Wildman–Crippen MR) is 90.3 cm³/mol. The van der Waals surface area contributed by atoms with E-state index in [1.165, 1.54) is 29.1 Å². The Hall–Kier alpha value is -0.880. The summed E-state index contributed by atoms with van der Waals surface area (Å²) in [6.07, 6.45) is 2.34. The zero-order chi connectivity index (χ0) is 13.9. The molecule has 1 fully saturated rings. The Balaban J connectivity index is 0.00000161. The van der Waals surface area contributed by atoms with E-state index in [0.29, 0.717) is 11.0 Å². The third-order valence-corrected chi connectivity index (χ3v) is 5.29. The molecule has 3 nitrogen and oxygen atoms in total. The van der Waals surface area contributed by atoms with Gasteiger partial charge in [-0.1, -0.05) is 0 Å². The zero-order valence-corrected chi connectivity index (χ0v) is 14.2. The first-order valence-electron chi connectivity index (χ1n) is 6.75. The Morgan fingerprint density at radius 1 is 1.33 bits per heavy atom. The van der Waals surface area contributed by atoms with E-state index in [4.69, 9.17) is 4.74 Å². The highest BCUT2D eigenvalue weighted by Gasteiger charge is 2.25. The van der Waals surface area contributed by atoms with Crippen molar-refractivity contribution >= 4 is 41.0 Å². The van der Waals surface area contributed by atoms with Crippen molar-refractivity contribution in [1.82, 2.24) is 4.90 Å². The molecule has 0 bridgehead atoms. The molecular formula is C15H18ClNO2S2.